The van der Waals surface area contributed by atoms with E-state index in [0.717, 1.165) is 22.4 Å². The third kappa shape index (κ3) is 7.27. The molecule has 0 saturated heterocycles. The summed E-state index contributed by atoms with van der Waals surface area (Å²) >= 11 is 0. The van der Waals surface area contributed by atoms with E-state index in [0.29, 0.717) is 0 Å². The molecule has 4 N–H and O–H groups in total. The van der Waals surface area contributed by atoms with Gasteiger partial charge in [0.15, 0.2) is 5.69 Å². The lowest BCUT2D eigenvalue weighted by molar-refractivity contribution is -0.121. The molecule has 0 radical (unpaired) electrons. The number of amides is 2. The standard InChI is InChI=1S/C21H27N5O7S/c1-13(27)23-15(9-10-22)18(28)19(29)16(11-14-7-5-4-6-8-14)24-20(30)17-12-33-21(25-17)26(2)34(3,31)32/h4-8,12,15-16,18-19,28-29H,9,11H2,1-3H3,(H,23,27)(H,24,30)/t15-,16+,18-,19-/m1/s1. The minimum absolute atomic E-state index is 0.0953. The molecule has 12 nitrogen and oxygen atoms in total. The van der Waals surface area contributed by atoms with Gasteiger partial charge in [-0.05, 0) is 12.0 Å². The molecular formula is C21H27N5O7S. The molecule has 0 spiro atoms. The van der Waals surface area contributed by atoms with Crippen molar-refractivity contribution in [3.8, 4) is 6.07 Å². The summed E-state index contributed by atoms with van der Waals surface area (Å²) in [7, 11) is -2.46. The highest BCUT2D eigenvalue weighted by Crippen LogP contribution is 2.17. The number of rotatable bonds is 11. The summed E-state index contributed by atoms with van der Waals surface area (Å²) in [6, 6.07) is 8.21. The summed E-state index contributed by atoms with van der Waals surface area (Å²) < 4.78 is 29.2. The summed E-state index contributed by atoms with van der Waals surface area (Å²) in [5, 5.41) is 35.6. The van der Waals surface area contributed by atoms with Crippen molar-refractivity contribution in [1.82, 2.24) is 15.6 Å². The Balaban J connectivity index is 2.28. The first-order valence-electron chi connectivity index (χ1n) is 10.2. The van der Waals surface area contributed by atoms with Crippen LogP contribution in [-0.4, -0.2) is 73.0 Å². The van der Waals surface area contributed by atoms with Gasteiger partial charge in [-0.2, -0.15) is 10.2 Å². The smallest absolute Gasteiger partial charge is 0.311 e. The molecule has 0 fully saturated rings. The van der Waals surface area contributed by atoms with Crippen molar-refractivity contribution in [3.63, 3.8) is 0 Å². The van der Waals surface area contributed by atoms with E-state index in [2.05, 4.69) is 15.6 Å². The Morgan fingerprint density at radius 1 is 1.18 bits per heavy atom. The van der Waals surface area contributed by atoms with Crippen LogP contribution in [0, 0.1) is 11.3 Å². The highest BCUT2D eigenvalue weighted by molar-refractivity contribution is 7.92. The molecule has 0 aliphatic heterocycles. The predicted molar refractivity (Wildman–Crippen MR) is 121 cm³/mol. The molecule has 1 aromatic carbocycles. The van der Waals surface area contributed by atoms with Gasteiger partial charge in [0, 0.05) is 14.0 Å². The summed E-state index contributed by atoms with van der Waals surface area (Å²) in [4.78, 5) is 28.1. The zero-order valence-corrected chi connectivity index (χ0v) is 19.7. The first kappa shape index (κ1) is 26.8. The second kappa shape index (κ2) is 11.6. The molecule has 184 valence electrons. The number of oxazole rings is 1. The van der Waals surface area contributed by atoms with Crippen LogP contribution in [0.4, 0.5) is 6.01 Å². The first-order chi connectivity index (χ1) is 15.9. The Morgan fingerprint density at radius 3 is 2.35 bits per heavy atom. The normalized spacial score (nSPS) is 14.8. The summed E-state index contributed by atoms with van der Waals surface area (Å²) in [5.41, 5.74) is 0.480. The second-order valence-corrected chi connectivity index (χ2v) is 9.68. The Bertz CT molecular complexity index is 1130. The molecule has 2 amide bonds. The Morgan fingerprint density at radius 2 is 1.79 bits per heavy atom. The SMILES string of the molecule is CC(=O)N[C@H](CC#N)[C@@H](O)[C@H](O)[C@H](Cc1ccccc1)NC(=O)c1coc(N(C)S(C)(=O)=O)n1. The third-order valence-corrected chi connectivity index (χ3v) is 6.13. The Labute approximate surface area is 197 Å². The van der Waals surface area contributed by atoms with Gasteiger partial charge in [0.2, 0.25) is 15.9 Å². The number of hydrogen-bond acceptors (Lipinski definition) is 9. The van der Waals surface area contributed by atoms with Gasteiger partial charge >= 0.3 is 6.01 Å². The van der Waals surface area contributed by atoms with Crippen molar-refractivity contribution in [2.75, 3.05) is 17.6 Å². The van der Waals surface area contributed by atoms with Crippen molar-refractivity contribution in [2.24, 2.45) is 0 Å². The maximum Gasteiger partial charge on any atom is 0.311 e. The number of sulfonamides is 1. The number of aliphatic hydroxyl groups excluding tert-OH is 2. The Kier molecular flexibility index (Phi) is 9.13. The van der Waals surface area contributed by atoms with Gasteiger partial charge in [0.05, 0.1) is 30.8 Å². The van der Waals surface area contributed by atoms with Crippen molar-refractivity contribution >= 4 is 27.9 Å². The summed E-state index contributed by atoms with van der Waals surface area (Å²) in [5.74, 6) is -1.29. The first-order valence-corrected chi connectivity index (χ1v) is 12.0. The quantitative estimate of drug-likeness (QED) is 0.322. The van der Waals surface area contributed by atoms with E-state index < -0.39 is 46.1 Å². The third-order valence-electron chi connectivity index (χ3n) is 4.98. The molecule has 2 aromatic rings. The van der Waals surface area contributed by atoms with Crippen molar-refractivity contribution in [3.05, 3.63) is 47.9 Å². The molecule has 2 rings (SSSR count). The Hall–Kier alpha value is -3.47. The molecular weight excluding hydrogens is 466 g/mol. The summed E-state index contributed by atoms with van der Waals surface area (Å²) in [6.45, 7) is 1.21. The zero-order chi connectivity index (χ0) is 25.5. The van der Waals surface area contributed by atoms with Crippen LogP contribution in [0.1, 0.15) is 29.4 Å². The second-order valence-electron chi connectivity index (χ2n) is 7.67. The molecule has 4 atom stereocenters. The lowest BCUT2D eigenvalue weighted by atomic mass is 9.93. The van der Waals surface area contributed by atoms with Crippen LogP contribution < -0.4 is 14.9 Å². The molecule has 0 aliphatic carbocycles. The molecule has 0 bridgehead atoms. The van der Waals surface area contributed by atoms with Crippen molar-refractivity contribution < 1.29 is 32.6 Å². The van der Waals surface area contributed by atoms with E-state index in [1.54, 1.807) is 30.3 Å². The number of carbonyl (C=O) groups is 2. The van der Waals surface area contributed by atoms with Crippen LogP contribution in [0.15, 0.2) is 41.0 Å². The number of aliphatic hydroxyl groups is 2. The van der Waals surface area contributed by atoms with E-state index >= 15 is 0 Å². The predicted octanol–water partition coefficient (Wildman–Crippen LogP) is -0.448. The van der Waals surface area contributed by atoms with Crippen LogP contribution >= 0.6 is 0 Å². The van der Waals surface area contributed by atoms with E-state index in [9.17, 15) is 28.2 Å². The van der Waals surface area contributed by atoms with Gasteiger partial charge in [-0.1, -0.05) is 30.3 Å². The number of benzene rings is 1. The van der Waals surface area contributed by atoms with E-state index in [4.69, 9.17) is 9.68 Å². The average molecular weight is 494 g/mol. The monoisotopic (exact) mass is 493 g/mol. The van der Waals surface area contributed by atoms with Gasteiger partial charge in [-0.15, -0.1) is 0 Å². The number of nitrogens with zero attached hydrogens (tertiary/aromatic N) is 3. The molecule has 1 aromatic heterocycles. The zero-order valence-electron chi connectivity index (χ0n) is 18.9. The van der Waals surface area contributed by atoms with E-state index in [-0.39, 0.29) is 24.6 Å². The van der Waals surface area contributed by atoms with Gasteiger partial charge in [-0.25, -0.2) is 12.7 Å². The fourth-order valence-electron chi connectivity index (χ4n) is 3.12. The highest BCUT2D eigenvalue weighted by Gasteiger charge is 2.34. The number of aromatic nitrogens is 1. The molecule has 1 heterocycles. The largest absolute Gasteiger partial charge is 0.430 e. The average Bonchev–Trinajstić information content (AvgIpc) is 3.27. The van der Waals surface area contributed by atoms with Crippen LogP contribution in [0.2, 0.25) is 0 Å². The fraction of sp³-hybridized carbons (Fsp3) is 0.429. The van der Waals surface area contributed by atoms with Crippen LogP contribution in [0.3, 0.4) is 0 Å². The fourth-order valence-corrected chi connectivity index (χ4v) is 3.48. The number of nitrogens with one attached hydrogen (secondary N) is 2. The number of nitriles is 1. The lowest BCUT2D eigenvalue weighted by Gasteiger charge is -2.31. The maximum absolute atomic E-state index is 12.8. The van der Waals surface area contributed by atoms with Crippen LogP contribution in [-0.2, 0) is 21.2 Å². The maximum atomic E-state index is 12.8. The lowest BCUT2D eigenvalue weighted by Crippen LogP contribution is -2.56. The molecule has 0 unspecified atom stereocenters. The molecule has 13 heteroatoms. The van der Waals surface area contributed by atoms with Gasteiger partial charge in [0.25, 0.3) is 5.91 Å². The number of hydrogen-bond donors (Lipinski definition) is 4. The van der Waals surface area contributed by atoms with Gasteiger partial charge in [-0.3, -0.25) is 9.59 Å². The van der Waals surface area contributed by atoms with E-state index in [1.165, 1.54) is 14.0 Å². The number of carbonyl (C=O) groups excluding carboxylic acids is 2. The molecule has 0 saturated carbocycles. The summed E-state index contributed by atoms with van der Waals surface area (Å²) in [6.07, 6.45) is -1.44. The molecule has 0 aliphatic rings. The highest BCUT2D eigenvalue weighted by atomic mass is 32.2. The number of anilines is 1. The van der Waals surface area contributed by atoms with E-state index in [1.807, 2.05) is 6.07 Å². The topological polar surface area (TPSA) is 186 Å². The van der Waals surface area contributed by atoms with Crippen LogP contribution in [0.5, 0.6) is 0 Å². The van der Waals surface area contributed by atoms with Gasteiger partial charge in [0.1, 0.15) is 18.5 Å². The minimum atomic E-state index is -3.67. The van der Waals surface area contributed by atoms with Crippen molar-refractivity contribution in [2.45, 2.75) is 44.1 Å². The van der Waals surface area contributed by atoms with Gasteiger partial charge < -0.3 is 25.3 Å². The van der Waals surface area contributed by atoms with Crippen LogP contribution in [0.25, 0.3) is 0 Å². The van der Waals surface area contributed by atoms with Crippen molar-refractivity contribution in [1.29, 1.82) is 5.26 Å². The minimum Gasteiger partial charge on any atom is -0.430 e. The molecule has 34 heavy (non-hydrogen) atoms.